The first kappa shape index (κ1) is 16.7. The van der Waals surface area contributed by atoms with Crippen molar-refractivity contribution in [2.24, 2.45) is 0 Å². The van der Waals surface area contributed by atoms with E-state index in [1.165, 1.54) is 63.8 Å². The van der Waals surface area contributed by atoms with E-state index in [4.69, 9.17) is 4.98 Å². The molecule has 4 aromatic carbocycles. The number of para-hydroxylation sites is 2. The molecule has 8 rings (SSSR count). The fourth-order valence-corrected chi connectivity index (χ4v) is 6.65. The van der Waals surface area contributed by atoms with Crippen LogP contribution in [0.3, 0.4) is 0 Å². The summed E-state index contributed by atoms with van der Waals surface area (Å²) in [7, 11) is 0. The summed E-state index contributed by atoms with van der Waals surface area (Å²) in [5.41, 5.74) is 6.08. The fraction of sp³-hybridized carbons (Fsp3) is 0. The van der Waals surface area contributed by atoms with Crippen molar-refractivity contribution in [3.8, 4) is 11.3 Å². The van der Waals surface area contributed by atoms with Gasteiger partial charge in [-0.2, -0.15) is 0 Å². The third-order valence-electron chi connectivity index (χ3n) is 6.79. The van der Waals surface area contributed by atoms with Gasteiger partial charge < -0.3 is 4.40 Å². The van der Waals surface area contributed by atoms with Crippen LogP contribution < -0.4 is 0 Å². The lowest BCUT2D eigenvalue weighted by Gasteiger charge is -2.04. The maximum absolute atomic E-state index is 4.84. The number of nitrogens with zero attached hydrogens (tertiary/aromatic N) is 2. The highest BCUT2D eigenvalue weighted by atomic mass is 32.1. The number of thiophene rings is 1. The highest BCUT2D eigenvalue weighted by molar-refractivity contribution is 7.26. The highest BCUT2D eigenvalue weighted by Crippen LogP contribution is 2.42. The molecule has 0 atom stereocenters. The third-order valence-corrected chi connectivity index (χ3v) is 7.98. The first-order chi connectivity index (χ1) is 15.9. The molecule has 0 unspecified atom stereocenters. The van der Waals surface area contributed by atoms with Crippen LogP contribution in [-0.4, -0.2) is 9.38 Å². The standard InChI is InChI=1S/C29H16N2S/c1-3-10-24-18(6-1)20-8-5-9-21-23-16-17(12-13-25(23)31(24)28(20)21)27-29-22(14-15-30-27)19-7-2-4-11-26(19)32-29/h1-16H. The van der Waals surface area contributed by atoms with Crippen LogP contribution in [0.15, 0.2) is 97.2 Å². The second-order valence-electron chi connectivity index (χ2n) is 8.42. The van der Waals surface area contributed by atoms with Crippen molar-refractivity contribution in [1.29, 1.82) is 0 Å². The number of fused-ring (bicyclic) bond motifs is 9. The Morgan fingerprint density at radius 2 is 1.34 bits per heavy atom. The zero-order valence-corrected chi connectivity index (χ0v) is 17.9. The van der Waals surface area contributed by atoms with Crippen LogP contribution in [0.5, 0.6) is 0 Å². The molecular weight excluding hydrogens is 408 g/mol. The summed E-state index contributed by atoms with van der Waals surface area (Å²) in [6.07, 6.45) is 1.95. The summed E-state index contributed by atoms with van der Waals surface area (Å²) in [4.78, 5) is 4.84. The molecule has 0 spiro atoms. The maximum atomic E-state index is 4.84. The van der Waals surface area contributed by atoms with Gasteiger partial charge in [0.15, 0.2) is 0 Å². The van der Waals surface area contributed by atoms with Crippen LogP contribution in [-0.2, 0) is 0 Å². The van der Waals surface area contributed by atoms with Crippen molar-refractivity contribution in [2.75, 3.05) is 0 Å². The van der Waals surface area contributed by atoms with Crippen LogP contribution in [0.1, 0.15) is 0 Å². The van der Waals surface area contributed by atoms with Crippen LogP contribution in [0.25, 0.3) is 69.5 Å². The van der Waals surface area contributed by atoms with Gasteiger partial charge in [-0.05, 0) is 30.3 Å². The third kappa shape index (κ3) is 1.97. The first-order valence-corrected chi connectivity index (χ1v) is 11.6. The van der Waals surface area contributed by atoms with Gasteiger partial charge in [-0.3, -0.25) is 4.98 Å². The monoisotopic (exact) mass is 424 g/mol. The molecule has 0 saturated carbocycles. The average molecular weight is 425 g/mol. The largest absolute Gasteiger partial charge is 0.308 e. The average Bonchev–Trinajstić information content (AvgIpc) is 3.50. The van der Waals surface area contributed by atoms with Gasteiger partial charge in [0.05, 0.1) is 26.9 Å². The zero-order valence-electron chi connectivity index (χ0n) is 17.0. The van der Waals surface area contributed by atoms with Gasteiger partial charge in [-0.1, -0.05) is 60.7 Å². The molecular formula is C29H16N2S. The van der Waals surface area contributed by atoms with E-state index in [1.807, 2.05) is 17.5 Å². The fourth-order valence-electron chi connectivity index (χ4n) is 5.44. The van der Waals surface area contributed by atoms with E-state index < -0.39 is 0 Å². The van der Waals surface area contributed by atoms with Gasteiger partial charge in [-0.15, -0.1) is 11.3 Å². The predicted octanol–water partition coefficient (Wildman–Crippen LogP) is 8.27. The summed E-state index contributed by atoms with van der Waals surface area (Å²) in [5.74, 6) is 0. The maximum Gasteiger partial charge on any atom is 0.0880 e. The minimum absolute atomic E-state index is 1.07. The van der Waals surface area contributed by atoms with Gasteiger partial charge in [0.25, 0.3) is 0 Å². The molecule has 0 fully saturated rings. The molecule has 2 nitrogen and oxygen atoms in total. The molecule has 4 heterocycles. The molecule has 8 aromatic rings. The zero-order chi connectivity index (χ0) is 20.8. The summed E-state index contributed by atoms with van der Waals surface area (Å²) in [5, 5.41) is 7.82. The van der Waals surface area contributed by atoms with Gasteiger partial charge >= 0.3 is 0 Å². The number of pyridine rings is 1. The van der Waals surface area contributed by atoms with Crippen LogP contribution >= 0.6 is 11.3 Å². The van der Waals surface area contributed by atoms with Crippen molar-refractivity contribution in [3.63, 3.8) is 0 Å². The number of hydrogen-bond donors (Lipinski definition) is 0. The van der Waals surface area contributed by atoms with E-state index in [9.17, 15) is 0 Å². The van der Waals surface area contributed by atoms with Gasteiger partial charge in [-0.25, -0.2) is 0 Å². The van der Waals surface area contributed by atoms with Crippen molar-refractivity contribution in [3.05, 3.63) is 97.2 Å². The second-order valence-corrected chi connectivity index (χ2v) is 9.47. The van der Waals surface area contributed by atoms with Crippen molar-refractivity contribution in [1.82, 2.24) is 9.38 Å². The minimum atomic E-state index is 1.07. The Morgan fingerprint density at radius 3 is 2.28 bits per heavy atom. The SMILES string of the molecule is c1ccc2c(c1)sc1c(-c3ccc4c(c3)c3cccc5c6ccccc6n4c53)nccc12. The second kappa shape index (κ2) is 5.84. The molecule has 0 N–H and O–H groups in total. The van der Waals surface area contributed by atoms with Gasteiger partial charge in [0.2, 0.25) is 0 Å². The lowest BCUT2D eigenvalue weighted by molar-refractivity contribution is 1.36. The van der Waals surface area contributed by atoms with E-state index in [2.05, 4.69) is 95.4 Å². The van der Waals surface area contributed by atoms with Crippen LogP contribution in [0, 0.1) is 0 Å². The predicted molar refractivity (Wildman–Crippen MR) is 137 cm³/mol. The summed E-state index contributed by atoms with van der Waals surface area (Å²) in [6, 6.07) is 33.0. The highest BCUT2D eigenvalue weighted by Gasteiger charge is 2.18. The number of hydrogen-bond acceptors (Lipinski definition) is 2. The number of benzene rings is 4. The lowest BCUT2D eigenvalue weighted by atomic mass is 10.0. The molecule has 32 heavy (non-hydrogen) atoms. The minimum Gasteiger partial charge on any atom is -0.308 e. The quantitative estimate of drug-likeness (QED) is 0.259. The molecule has 0 bridgehead atoms. The number of rotatable bonds is 1. The summed E-state index contributed by atoms with van der Waals surface area (Å²) in [6.45, 7) is 0. The molecule has 4 aromatic heterocycles. The van der Waals surface area contributed by atoms with Crippen molar-refractivity contribution in [2.45, 2.75) is 0 Å². The number of aromatic nitrogens is 2. The molecule has 148 valence electrons. The molecule has 0 aliphatic rings. The van der Waals surface area contributed by atoms with E-state index in [0.717, 1.165) is 5.69 Å². The Bertz CT molecular complexity index is 1990. The molecule has 0 saturated heterocycles. The Morgan fingerprint density at radius 1 is 0.594 bits per heavy atom. The molecule has 0 aliphatic heterocycles. The smallest absolute Gasteiger partial charge is 0.0880 e. The molecule has 0 radical (unpaired) electrons. The molecule has 0 aliphatic carbocycles. The Hall–Kier alpha value is -3.95. The van der Waals surface area contributed by atoms with Crippen molar-refractivity contribution < 1.29 is 0 Å². The first-order valence-electron chi connectivity index (χ1n) is 10.8. The van der Waals surface area contributed by atoms with Crippen molar-refractivity contribution >= 4 is 69.6 Å². The van der Waals surface area contributed by atoms with Crippen LogP contribution in [0.2, 0.25) is 0 Å². The molecule has 3 heteroatoms. The van der Waals surface area contributed by atoms with E-state index in [0.29, 0.717) is 0 Å². The molecule has 0 amide bonds. The lowest BCUT2D eigenvalue weighted by Crippen LogP contribution is -1.85. The van der Waals surface area contributed by atoms with E-state index >= 15 is 0 Å². The Labute approximate surface area is 187 Å². The Balaban J connectivity index is 1.49. The Kier molecular flexibility index (Phi) is 3.05. The topological polar surface area (TPSA) is 17.3 Å². The van der Waals surface area contributed by atoms with Gasteiger partial charge in [0.1, 0.15) is 0 Å². The van der Waals surface area contributed by atoms with Gasteiger partial charge in [0, 0.05) is 48.8 Å². The summed E-state index contributed by atoms with van der Waals surface area (Å²) < 4.78 is 4.99. The summed E-state index contributed by atoms with van der Waals surface area (Å²) >= 11 is 1.83. The van der Waals surface area contributed by atoms with Crippen LogP contribution in [0.4, 0.5) is 0 Å². The van der Waals surface area contributed by atoms with E-state index in [1.54, 1.807) is 0 Å². The normalized spacial score (nSPS) is 12.4. The van der Waals surface area contributed by atoms with E-state index in [-0.39, 0.29) is 0 Å².